The van der Waals surface area contributed by atoms with Crippen molar-refractivity contribution in [1.29, 1.82) is 0 Å². The zero-order valence-electron chi connectivity index (χ0n) is 16.9. The van der Waals surface area contributed by atoms with Gasteiger partial charge in [-0.05, 0) is 36.8 Å². The van der Waals surface area contributed by atoms with Crippen LogP contribution in [0.15, 0.2) is 89.2 Å². The third kappa shape index (κ3) is 6.43. The maximum absolute atomic E-state index is 12.8. The maximum atomic E-state index is 12.8. The summed E-state index contributed by atoms with van der Waals surface area (Å²) in [5.74, 6) is -1.33. The number of benzene rings is 2. The molecule has 0 saturated heterocycles. The summed E-state index contributed by atoms with van der Waals surface area (Å²) in [7, 11) is 0. The predicted octanol–water partition coefficient (Wildman–Crippen LogP) is 3.30. The van der Waals surface area contributed by atoms with Crippen LogP contribution < -0.4 is 10.6 Å². The number of esters is 1. The van der Waals surface area contributed by atoms with Crippen LogP contribution in [0.1, 0.15) is 28.6 Å². The average Bonchev–Trinajstić information content (AvgIpc) is 3.31. The summed E-state index contributed by atoms with van der Waals surface area (Å²) in [6.07, 6.45) is 2.84. The lowest BCUT2D eigenvalue weighted by Crippen LogP contribution is -2.43. The van der Waals surface area contributed by atoms with Gasteiger partial charge in [-0.25, -0.2) is 4.79 Å². The first-order valence-electron chi connectivity index (χ1n) is 9.66. The lowest BCUT2D eigenvalue weighted by molar-refractivity contribution is -0.148. The van der Waals surface area contributed by atoms with Gasteiger partial charge in [-0.1, -0.05) is 48.5 Å². The number of ether oxygens (including phenoxy) is 1. The number of nitrogens with one attached hydrogen (secondary N) is 2. The van der Waals surface area contributed by atoms with Crippen LogP contribution in [0.3, 0.4) is 0 Å². The number of rotatable bonds is 8. The first-order valence-corrected chi connectivity index (χ1v) is 9.66. The molecule has 31 heavy (non-hydrogen) atoms. The molecule has 1 heterocycles. The highest BCUT2D eigenvalue weighted by Gasteiger charge is 2.21. The highest BCUT2D eigenvalue weighted by Crippen LogP contribution is 2.09. The third-order valence-corrected chi connectivity index (χ3v) is 4.28. The summed E-state index contributed by atoms with van der Waals surface area (Å²) in [6.45, 7) is 1.61. The summed E-state index contributed by atoms with van der Waals surface area (Å²) >= 11 is 0. The molecule has 0 fully saturated rings. The van der Waals surface area contributed by atoms with Crippen molar-refractivity contribution in [2.24, 2.45) is 0 Å². The zero-order chi connectivity index (χ0) is 22.1. The number of carbonyl (C=O) groups is 3. The Morgan fingerprint density at radius 1 is 0.968 bits per heavy atom. The van der Waals surface area contributed by atoms with Crippen LogP contribution in [0.2, 0.25) is 0 Å². The highest BCUT2D eigenvalue weighted by molar-refractivity contribution is 6.05. The van der Waals surface area contributed by atoms with E-state index in [-0.39, 0.29) is 12.3 Å². The molecule has 3 aromatic rings. The van der Waals surface area contributed by atoms with Crippen LogP contribution >= 0.6 is 0 Å². The molecule has 0 aliphatic heterocycles. The molecule has 0 aliphatic carbocycles. The van der Waals surface area contributed by atoms with Gasteiger partial charge in [0.15, 0.2) is 0 Å². The summed E-state index contributed by atoms with van der Waals surface area (Å²) in [5, 5.41) is 5.12. The molecule has 1 unspecified atom stereocenters. The van der Waals surface area contributed by atoms with Gasteiger partial charge in [0.05, 0.1) is 6.26 Å². The minimum Gasteiger partial charge on any atom is -0.465 e. The molecule has 7 nitrogen and oxygen atoms in total. The minimum atomic E-state index is -0.926. The Balaban J connectivity index is 1.66. The van der Waals surface area contributed by atoms with E-state index in [1.807, 2.05) is 30.3 Å². The second-order valence-electron chi connectivity index (χ2n) is 6.68. The van der Waals surface area contributed by atoms with Gasteiger partial charge < -0.3 is 19.8 Å². The van der Waals surface area contributed by atoms with Crippen LogP contribution in [-0.2, 0) is 20.9 Å². The quantitative estimate of drug-likeness (QED) is 0.432. The highest BCUT2D eigenvalue weighted by atomic mass is 16.5. The van der Waals surface area contributed by atoms with Crippen molar-refractivity contribution in [1.82, 2.24) is 10.6 Å². The molecule has 2 N–H and O–H groups in total. The number of hydrogen-bond donors (Lipinski definition) is 2. The Hall–Kier alpha value is -4.13. The lowest BCUT2D eigenvalue weighted by Gasteiger charge is -2.15. The first-order chi connectivity index (χ1) is 15.0. The van der Waals surface area contributed by atoms with E-state index in [9.17, 15) is 14.4 Å². The molecule has 0 aliphatic rings. The fourth-order valence-corrected chi connectivity index (χ4v) is 2.65. The van der Waals surface area contributed by atoms with Crippen molar-refractivity contribution in [3.8, 4) is 0 Å². The largest absolute Gasteiger partial charge is 0.465 e. The first kappa shape index (κ1) is 21.6. The molecule has 0 radical (unpaired) electrons. The van der Waals surface area contributed by atoms with E-state index in [0.717, 1.165) is 5.56 Å². The molecule has 1 aromatic heterocycles. The summed E-state index contributed by atoms with van der Waals surface area (Å²) in [4.78, 5) is 37.6. The van der Waals surface area contributed by atoms with Gasteiger partial charge in [-0.3, -0.25) is 9.59 Å². The number of furan rings is 1. The average molecular weight is 418 g/mol. The van der Waals surface area contributed by atoms with Crippen molar-refractivity contribution < 1.29 is 23.5 Å². The summed E-state index contributed by atoms with van der Waals surface area (Å²) < 4.78 is 10.5. The van der Waals surface area contributed by atoms with Gasteiger partial charge in [-0.15, -0.1) is 0 Å². The van der Waals surface area contributed by atoms with Crippen LogP contribution in [0.5, 0.6) is 0 Å². The van der Waals surface area contributed by atoms with Crippen molar-refractivity contribution in [2.45, 2.75) is 19.6 Å². The molecule has 2 aromatic carbocycles. The van der Waals surface area contributed by atoms with Crippen LogP contribution in [0.4, 0.5) is 0 Å². The number of amides is 2. The number of carbonyl (C=O) groups excluding carboxylic acids is 3. The van der Waals surface area contributed by atoms with E-state index >= 15 is 0 Å². The molecular weight excluding hydrogens is 396 g/mol. The topological polar surface area (TPSA) is 97.6 Å². The summed E-state index contributed by atoms with van der Waals surface area (Å²) in [5.41, 5.74) is 1.16. The molecule has 1 atom stereocenters. The van der Waals surface area contributed by atoms with Crippen LogP contribution in [0, 0.1) is 0 Å². The minimum absolute atomic E-state index is 0.0634. The van der Waals surface area contributed by atoms with E-state index in [0.29, 0.717) is 11.3 Å². The Labute approximate surface area is 179 Å². The summed E-state index contributed by atoms with van der Waals surface area (Å²) in [6, 6.07) is 20.1. The van der Waals surface area contributed by atoms with Gasteiger partial charge in [0.2, 0.25) is 0 Å². The second kappa shape index (κ2) is 10.6. The van der Waals surface area contributed by atoms with E-state index < -0.39 is 23.8 Å². The van der Waals surface area contributed by atoms with E-state index in [4.69, 9.17) is 9.15 Å². The van der Waals surface area contributed by atoms with Gasteiger partial charge >= 0.3 is 5.97 Å². The molecule has 158 valence electrons. The molecule has 0 bridgehead atoms. The predicted molar refractivity (Wildman–Crippen MR) is 114 cm³/mol. The Kier molecular flexibility index (Phi) is 7.37. The van der Waals surface area contributed by atoms with Gasteiger partial charge in [-0.2, -0.15) is 0 Å². The SMILES string of the molecule is CC(NC(=O)/C(=C\c1ccco1)NC(=O)c1ccccc1)C(=O)OCc1ccccc1. The molecular formula is C24H22N2O5. The monoisotopic (exact) mass is 418 g/mol. The van der Waals surface area contributed by atoms with E-state index in [1.165, 1.54) is 19.3 Å². The normalized spacial score (nSPS) is 12.0. The smallest absolute Gasteiger partial charge is 0.328 e. The van der Waals surface area contributed by atoms with E-state index in [1.54, 1.807) is 42.5 Å². The molecule has 0 saturated carbocycles. The van der Waals surface area contributed by atoms with Gasteiger partial charge in [0.1, 0.15) is 24.1 Å². The fraction of sp³-hybridized carbons (Fsp3) is 0.125. The Morgan fingerprint density at radius 2 is 1.65 bits per heavy atom. The van der Waals surface area contributed by atoms with Crippen molar-refractivity contribution in [3.05, 3.63) is 102 Å². The molecule has 2 amide bonds. The third-order valence-electron chi connectivity index (χ3n) is 4.28. The maximum Gasteiger partial charge on any atom is 0.328 e. The standard InChI is InChI=1S/C24H22N2O5/c1-17(24(29)31-16-18-9-4-2-5-10-18)25-23(28)21(15-20-13-8-14-30-20)26-22(27)19-11-6-3-7-12-19/h2-15,17H,16H2,1H3,(H,25,28)(H,26,27)/b21-15+. The van der Waals surface area contributed by atoms with Crippen LogP contribution in [-0.4, -0.2) is 23.8 Å². The zero-order valence-corrected chi connectivity index (χ0v) is 16.9. The Bertz CT molecular complexity index is 1040. The molecule has 3 rings (SSSR count). The van der Waals surface area contributed by atoms with Crippen molar-refractivity contribution in [3.63, 3.8) is 0 Å². The number of hydrogen-bond acceptors (Lipinski definition) is 5. The van der Waals surface area contributed by atoms with Crippen LogP contribution in [0.25, 0.3) is 6.08 Å². The van der Waals surface area contributed by atoms with E-state index in [2.05, 4.69) is 10.6 Å². The molecule has 0 spiro atoms. The lowest BCUT2D eigenvalue weighted by atomic mass is 10.2. The fourth-order valence-electron chi connectivity index (χ4n) is 2.65. The van der Waals surface area contributed by atoms with Crippen molar-refractivity contribution >= 4 is 23.9 Å². The van der Waals surface area contributed by atoms with Crippen molar-refractivity contribution in [2.75, 3.05) is 0 Å². The molecule has 7 heteroatoms. The second-order valence-corrected chi connectivity index (χ2v) is 6.68. The van der Waals surface area contributed by atoms with Gasteiger partial charge in [0.25, 0.3) is 11.8 Å². The van der Waals surface area contributed by atoms with Gasteiger partial charge in [0, 0.05) is 11.6 Å². The Morgan fingerprint density at radius 3 is 2.29 bits per heavy atom.